The van der Waals surface area contributed by atoms with Crippen LogP contribution in [0.25, 0.3) is 0 Å². The molecule has 140 valence electrons. The van der Waals surface area contributed by atoms with Gasteiger partial charge in [0.1, 0.15) is 5.75 Å². The number of hydrogen-bond donors (Lipinski definition) is 2. The van der Waals surface area contributed by atoms with Gasteiger partial charge in [0, 0.05) is 18.6 Å². The highest BCUT2D eigenvalue weighted by Crippen LogP contribution is 2.27. The molecule has 0 saturated heterocycles. The Morgan fingerprint density at radius 2 is 1.96 bits per heavy atom. The Labute approximate surface area is 151 Å². The van der Waals surface area contributed by atoms with E-state index in [4.69, 9.17) is 9.84 Å². The van der Waals surface area contributed by atoms with Crippen LogP contribution in [0.2, 0.25) is 0 Å². The van der Waals surface area contributed by atoms with Gasteiger partial charge in [0.25, 0.3) is 0 Å². The molecule has 0 amide bonds. The Bertz CT molecular complexity index is 537. The average molecular weight is 348 g/mol. The van der Waals surface area contributed by atoms with Gasteiger partial charge in [-0.15, -0.1) is 0 Å². The fourth-order valence-electron chi connectivity index (χ4n) is 3.79. The summed E-state index contributed by atoms with van der Waals surface area (Å²) in [7, 11) is 1.70. The molecule has 25 heavy (non-hydrogen) atoms. The second-order valence-corrected chi connectivity index (χ2v) is 6.81. The van der Waals surface area contributed by atoms with Crippen LogP contribution in [0.1, 0.15) is 51.1 Å². The van der Waals surface area contributed by atoms with Gasteiger partial charge in [0.2, 0.25) is 0 Å². The average Bonchev–Trinajstić information content (AvgIpc) is 2.65. The van der Waals surface area contributed by atoms with Crippen LogP contribution >= 0.6 is 0 Å². The summed E-state index contributed by atoms with van der Waals surface area (Å²) >= 11 is 0. The van der Waals surface area contributed by atoms with E-state index in [9.17, 15) is 4.79 Å². The lowest BCUT2D eigenvalue weighted by Gasteiger charge is -2.33. The minimum atomic E-state index is -0.643. The Kier molecular flexibility index (Phi) is 7.72. The van der Waals surface area contributed by atoms with E-state index >= 15 is 0 Å². The van der Waals surface area contributed by atoms with Gasteiger partial charge in [-0.05, 0) is 56.5 Å². The second kappa shape index (κ2) is 9.78. The number of ether oxygens (including phenoxy) is 1. The Morgan fingerprint density at radius 3 is 2.52 bits per heavy atom. The molecular formula is C20H32N2O3. The minimum Gasteiger partial charge on any atom is -0.497 e. The first-order valence-electron chi connectivity index (χ1n) is 9.43. The zero-order valence-electron chi connectivity index (χ0n) is 15.7. The molecule has 0 spiro atoms. The standard InChI is InChI=1S/C20H32N2O3/c1-4-22(5-2)19(16-7-6-8-18(13-16)25-3)14-21-17-11-9-15(10-12-17)20(23)24/h6-8,13,15,17,19,21H,4-5,9-12,14H2,1-3H3,(H,23,24). The van der Waals surface area contributed by atoms with Gasteiger partial charge in [-0.3, -0.25) is 9.69 Å². The third-order valence-corrected chi connectivity index (χ3v) is 5.41. The third kappa shape index (κ3) is 5.44. The molecular weight excluding hydrogens is 316 g/mol. The van der Waals surface area contributed by atoms with Crippen molar-refractivity contribution in [2.24, 2.45) is 5.92 Å². The minimum absolute atomic E-state index is 0.157. The molecule has 1 fully saturated rings. The summed E-state index contributed by atoms with van der Waals surface area (Å²) < 4.78 is 5.39. The second-order valence-electron chi connectivity index (χ2n) is 6.81. The van der Waals surface area contributed by atoms with E-state index in [2.05, 4.69) is 36.2 Å². The number of benzene rings is 1. The molecule has 5 heteroatoms. The molecule has 2 rings (SSSR count). The summed E-state index contributed by atoms with van der Waals surface area (Å²) in [5, 5.41) is 12.8. The molecule has 1 saturated carbocycles. The molecule has 1 aliphatic rings. The molecule has 0 radical (unpaired) electrons. The van der Waals surface area contributed by atoms with Crippen molar-refractivity contribution in [3.8, 4) is 5.75 Å². The largest absolute Gasteiger partial charge is 0.497 e. The van der Waals surface area contributed by atoms with Crippen LogP contribution in [-0.4, -0.2) is 48.8 Å². The third-order valence-electron chi connectivity index (χ3n) is 5.41. The highest BCUT2D eigenvalue weighted by Gasteiger charge is 2.27. The molecule has 1 aromatic carbocycles. The van der Waals surface area contributed by atoms with Gasteiger partial charge < -0.3 is 15.2 Å². The zero-order valence-corrected chi connectivity index (χ0v) is 15.7. The fourth-order valence-corrected chi connectivity index (χ4v) is 3.79. The number of carboxylic acid groups (broad SMARTS) is 1. The van der Waals surface area contributed by atoms with Crippen molar-refractivity contribution in [2.75, 3.05) is 26.7 Å². The van der Waals surface area contributed by atoms with Crippen LogP contribution in [-0.2, 0) is 4.79 Å². The van der Waals surface area contributed by atoms with E-state index in [1.54, 1.807) is 7.11 Å². The normalized spacial score (nSPS) is 21.9. The molecule has 0 heterocycles. The van der Waals surface area contributed by atoms with Crippen LogP contribution in [0.15, 0.2) is 24.3 Å². The zero-order chi connectivity index (χ0) is 18.2. The molecule has 1 aromatic rings. The van der Waals surface area contributed by atoms with Crippen molar-refractivity contribution in [1.82, 2.24) is 10.2 Å². The van der Waals surface area contributed by atoms with Gasteiger partial charge in [-0.1, -0.05) is 26.0 Å². The van der Waals surface area contributed by atoms with Gasteiger partial charge in [-0.25, -0.2) is 0 Å². The van der Waals surface area contributed by atoms with Crippen molar-refractivity contribution in [2.45, 2.75) is 51.6 Å². The maximum absolute atomic E-state index is 11.1. The maximum atomic E-state index is 11.1. The van der Waals surface area contributed by atoms with E-state index in [1.807, 2.05) is 12.1 Å². The highest BCUT2D eigenvalue weighted by molar-refractivity contribution is 5.70. The van der Waals surface area contributed by atoms with E-state index in [0.717, 1.165) is 51.1 Å². The van der Waals surface area contributed by atoms with Gasteiger partial charge in [-0.2, -0.15) is 0 Å². The molecule has 1 aliphatic carbocycles. The highest BCUT2D eigenvalue weighted by atomic mass is 16.5. The molecule has 0 aliphatic heterocycles. The van der Waals surface area contributed by atoms with E-state index in [1.165, 1.54) is 5.56 Å². The summed E-state index contributed by atoms with van der Waals surface area (Å²) in [5.41, 5.74) is 1.26. The molecule has 1 atom stereocenters. The lowest BCUT2D eigenvalue weighted by molar-refractivity contribution is -0.142. The van der Waals surface area contributed by atoms with E-state index in [0.29, 0.717) is 12.1 Å². The van der Waals surface area contributed by atoms with Crippen molar-refractivity contribution < 1.29 is 14.6 Å². The number of carboxylic acids is 1. The first-order chi connectivity index (χ1) is 12.1. The smallest absolute Gasteiger partial charge is 0.306 e. The summed E-state index contributed by atoms with van der Waals surface area (Å²) in [4.78, 5) is 13.5. The van der Waals surface area contributed by atoms with Gasteiger partial charge in [0.05, 0.1) is 13.0 Å². The first kappa shape index (κ1) is 19.7. The SMILES string of the molecule is CCN(CC)C(CNC1CCC(C(=O)O)CC1)c1cccc(OC)c1. The van der Waals surface area contributed by atoms with Crippen molar-refractivity contribution in [3.63, 3.8) is 0 Å². The summed E-state index contributed by atoms with van der Waals surface area (Å²) in [6.45, 7) is 7.23. The van der Waals surface area contributed by atoms with E-state index < -0.39 is 5.97 Å². The van der Waals surface area contributed by atoms with Crippen molar-refractivity contribution in [3.05, 3.63) is 29.8 Å². The molecule has 1 unspecified atom stereocenters. The number of hydrogen-bond acceptors (Lipinski definition) is 4. The monoisotopic (exact) mass is 348 g/mol. The molecule has 5 nitrogen and oxygen atoms in total. The number of nitrogens with one attached hydrogen (secondary N) is 1. The molecule has 0 aromatic heterocycles. The van der Waals surface area contributed by atoms with E-state index in [-0.39, 0.29) is 5.92 Å². The fraction of sp³-hybridized carbons (Fsp3) is 0.650. The maximum Gasteiger partial charge on any atom is 0.306 e. The number of aliphatic carboxylic acids is 1. The topological polar surface area (TPSA) is 61.8 Å². The summed E-state index contributed by atoms with van der Waals surface area (Å²) in [5.74, 6) is 0.0856. The van der Waals surface area contributed by atoms with Crippen LogP contribution in [0.4, 0.5) is 0 Å². The number of carbonyl (C=O) groups is 1. The lowest BCUT2D eigenvalue weighted by Crippen LogP contribution is -2.41. The predicted molar refractivity (Wildman–Crippen MR) is 100 cm³/mol. The lowest BCUT2D eigenvalue weighted by atomic mass is 9.86. The summed E-state index contributed by atoms with van der Waals surface area (Å²) in [6, 6.07) is 9.01. The Balaban J connectivity index is 2.01. The number of nitrogens with zero attached hydrogens (tertiary/aromatic N) is 1. The predicted octanol–water partition coefficient (Wildman–Crippen LogP) is 3.31. The summed E-state index contributed by atoms with van der Waals surface area (Å²) in [6.07, 6.45) is 3.45. The molecule has 0 bridgehead atoms. The Hall–Kier alpha value is -1.59. The van der Waals surface area contributed by atoms with Crippen molar-refractivity contribution >= 4 is 5.97 Å². The quantitative estimate of drug-likeness (QED) is 0.717. The van der Waals surface area contributed by atoms with Crippen LogP contribution in [0, 0.1) is 5.92 Å². The van der Waals surface area contributed by atoms with Crippen LogP contribution in [0.5, 0.6) is 5.75 Å². The van der Waals surface area contributed by atoms with Gasteiger partial charge >= 0.3 is 5.97 Å². The number of likely N-dealkylation sites (N-methyl/N-ethyl adjacent to an activating group) is 1. The number of rotatable bonds is 9. The van der Waals surface area contributed by atoms with Gasteiger partial charge in [0.15, 0.2) is 0 Å². The first-order valence-corrected chi connectivity index (χ1v) is 9.43. The van der Waals surface area contributed by atoms with Crippen LogP contribution in [0.3, 0.4) is 0 Å². The Morgan fingerprint density at radius 1 is 1.28 bits per heavy atom. The van der Waals surface area contributed by atoms with Crippen LogP contribution < -0.4 is 10.1 Å². The molecule has 2 N–H and O–H groups in total. The van der Waals surface area contributed by atoms with Crippen molar-refractivity contribution in [1.29, 1.82) is 0 Å². The number of methoxy groups -OCH3 is 1.